The molecule has 1 aromatic carbocycles. The number of benzene rings is 1. The summed E-state index contributed by atoms with van der Waals surface area (Å²) < 4.78 is 5.32. The Kier molecular flexibility index (Phi) is 4.82. The molecule has 5 nitrogen and oxygen atoms in total. The first kappa shape index (κ1) is 16.9. The summed E-state index contributed by atoms with van der Waals surface area (Å²) in [6, 6.07) is 5.79. The first-order valence-electron chi connectivity index (χ1n) is 7.52. The highest BCUT2D eigenvalue weighted by Crippen LogP contribution is 2.41. The van der Waals surface area contributed by atoms with Gasteiger partial charge < -0.3 is 4.74 Å². The smallest absolute Gasteiger partial charge is 0.186 e. The quantitative estimate of drug-likeness (QED) is 0.840. The van der Waals surface area contributed by atoms with Crippen LogP contribution in [0.5, 0.6) is 5.75 Å². The number of hydrogen-bond donors (Lipinski definition) is 1. The van der Waals surface area contributed by atoms with E-state index in [1.807, 2.05) is 38.1 Å². The second-order valence-corrected chi connectivity index (χ2v) is 7.57. The molecule has 0 aliphatic carbocycles. The minimum Gasteiger partial charge on any atom is -0.496 e. The molecule has 1 aromatic heterocycles. The molecule has 0 amide bonds. The van der Waals surface area contributed by atoms with E-state index < -0.39 is 5.92 Å². The monoisotopic (exact) mass is 359 g/mol. The van der Waals surface area contributed by atoms with E-state index in [1.54, 1.807) is 7.11 Å². The number of Topliss-reactive ketones (excluding diaryl/α,β-unsaturated/α-hetero) is 1. The first-order chi connectivity index (χ1) is 11.5. The zero-order chi connectivity index (χ0) is 17.3. The second kappa shape index (κ2) is 6.86. The minimum absolute atomic E-state index is 0.0802. The molecule has 2 aromatic rings. The zero-order valence-electron chi connectivity index (χ0n) is 13.6. The molecule has 1 aliphatic rings. The molecule has 1 saturated heterocycles. The van der Waals surface area contributed by atoms with Gasteiger partial charge >= 0.3 is 0 Å². The maximum absolute atomic E-state index is 12.7. The van der Waals surface area contributed by atoms with Crippen molar-refractivity contribution in [3.8, 4) is 5.75 Å². The van der Waals surface area contributed by atoms with Gasteiger partial charge in [-0.3, -0.25) is 10.2 Å². The molecule has 1 unspecified atom stereocenters. The van der Waals surface area contributed by atoms with Gasteiger partial charge in [-0.2, -0.15) is 0 Å². The Hall–Kier alpha value is -1.99. The third kappa shape index (κ3) is 3.14. The van der Waals surface area contributed by atoms with E-state index >= 15 is 0 Å². The molecule has 0 bridgehead atoms. The summed E-state index contributed by atoms with van der Waals surface area (Å²) >= 11 is 2.61. The van der Waals surface area contributed by atoms with Crippen molar-refractivity contribution in [2.45, 2.75) is 26.2 Å². The van der Waals surface area contributed by atoms with Gasteiger partial charge in [-0.05, 0) is 36.6 Å². The van der Waals surface area contributed by atoms with Gasteiger partial charge in [0.25, 0.3) is 0 Å². The summed E-state index contributed by atoms with van der Waals surface area (Å²) in [7, 11) is 1.63. The van der Waals surface area contributed by atoms with Crippen LogP contribution in [0.3, 0.4) is 0 Å². The number of carbonyl (C=O) groups is 1. The van der Waals surface area contributed by atoms with E-state index in [1.165, 1.54) is 23.1 Å². The summed E-state index contributed by atoms with van der Waals surface area (Å²) in [6.45, 7) is 3.97. The SMILES string of the molecule is CCc1nnc(C2C(=N)SC(=Cc3ccc(C)c(OC)c3)C2=O)s1. The highest BCUT2D eigenvalue weighted by atomic mass is 32.2. The van der Waals surface area contributed by atoms with Crippen molar-refractivity contribution in [1.29, 1.82) is 5.41 Å². The number of allylic oxidation sites excluding steroid dienone is 1. The maximum atomic E-state index is 12.7. The Morgan fingerprint density at radius 3 is 2.83 bits per heavy atom. The van der Waals surface area contributed by atoms with Gasteiger partial charge in [-0.25, -0.2) is 0 Å². The summed E-state index contributed by atoms with van der Waals surface area (Å²) in [5.74, 6) is 0.0953. The number of aryl methyl sites for hydroxylation is 2. The molecule has 1 aliphatic heterocycles. The Morgan fingerprint density at radius 2 is 2.17 bits per heavy atom. The van der Waals surface area contributed by atoms with Gasteiger partial charge in [0.05, 0.1) is 17.1 Å². The summed E-state index contributed by atoms with van der Waals surface area (Å²) in [5, 5.41) is 18.1. The van der Waals surface area contributed by atoms with E-state index in [0.29, 0.717) is 15.0 Å². The highest BCUT2D eigenvalue weighted by Gasteiger charge is 2.39. The fraction of sp³-hybridized carbons (Fsp3) is 0.294. The Morgan fingerprint density at radius 1 is 1.38 bits per heavy atom. The number of ketones is 1. The van der Waals surface area contributed by atoms with Crippen LogP contribution in [0.4, 0.5) is 0 Å². The Bertz CT molecular complexity index is 842. The average Bonchev–Trinajstić information content (AvgIpc) is 3.14. The first-order valence-corrected chi connectivity index (χ1v) is 9.16. The van der Waals surface area contributed by atoms with Gasteiger partial charge in [0.15, 0.2) is 5.78 Å². The summed E-state index contributed by atoms with van der Waals surface area (Å²) in [4.78, 5) is 13.3. The van der Waals surface area contributed by atoms with E-state index in [0.717, 1.165) is 28.3 Å². The third-order valence-electron chi connectivity index (χ3n) is 3.75. The molecule has 0 saturated carbocycles. The summed E-state index contributed by atoms with van der Waals surface area (Å²) in [6.07, 6.45) is 2.59. The minimum atomic E-state index is -0.605. The number of hydrogen-bond acceptors (Lipinski definition) is 7. The number of rotatable bonds is 4. The van der Waals surface area contributed by atoms with Crippen molar-refractivity contribution >= 4 is 40.0 Å². The Balaban J connectivity index is 1.90. The van der Waals surface area contributed by atoms with Gasteiger partial charge in [-0.1, -0.05) is 30.8 Å². The van der Waals surface area contributed by atoms with Crippen LogP contribution in [0.15, 0.2) is 23.1 Å². The van der Waals surface area contributed by atoms with E-state index in [4.69, 9.17) is 10.1 Å². The Labute approximate surface area is 148 Å². The topological polar surface area (TPSA) is 75.9 Å². The largest absolute Gasteiger partial charge is 0.496 e. The van der Waals surface area contributed by atoms with Crippen molar-refractivity contribution in [2.75, 3.05) is 7.11 Å². The predicted octanol–water partition coefficient (Wildman–Crippen LogP) is 3.84. The maximum Gasteiger partial charge on any atom is 0.186 e. The van der Waals surface area contributed by atoms with Crippen LogP contribution in [0.2, 0.25) is 0 Å². The number of carbonyl (C=O) groups excluding carboxylic acids is 1. The lowest BCUT2D eigenvalue weighted by Crippen LogP contribution is -2.11. The molecular formula is C17H17N3O2S2. The lowest BCUT2D eigenvalue weighted by Gasteiger charge is -2.05. The van der Waals surface area contributed by atoms with Crippen LogP contribution in [0.1, 0.15) is 34.0 Å². The number of thioether (sulfide) groups is 1. The molecule has 7 heteroatoms. The van der Waals surface area contributed by atoms with Crippen molar-refractivity contribution < 1.29 is 9.53 Å². The van der Waals surface area contributed by atoms with E-state index in [-0.39, 0.29) is 5.78 Å². The summed E-state index contributed by atoms with van der Waals surface area (Å²) in [5.41, 5.74) is 1.92. The molecule has 124 valence electrons. The molecule has 1 fully saturated rings. The molecule has 24 heavy (non-hydrogen) atoms. The highest BCUT2D eigenvalue weighted by molar-refractivity contribution is 8.19. The zero-order valence-corrected chi connectivity index (χ0v) is 15.3. The predicted molar refractivity (Wildman–Crippen MR) is 98.1 cm³/mol. The van der Waals surface area contributed by atoms with Crippen LogP contribution in [0.25, 0.3) is 6.08 Å². The lowest BCUT2D eigenvalue weighted by molar-refractivity contribution is -0.114. The number of methoxy groups -OCH3 is 1. The fourth-order valence-corrected chi connectivity index (χ4v) is 4.37. The molecule has 2 heterocycles. The average molecular weight is 359 g/mol. The number of nitrogens with one attached hydrogen (secondary N) is 1. The number of ether oxygens (including phenoxy) is 1. The van der Waals surface area contributed by atoms with Crippen LogP contribution < -0.4 is 4.74 Å². The van der Waals surface area contributed by atoms with Gasteiger partial charge in [0.2, 0.25) is 0 Å². The van der Waals surface area contributed by atoms with Gasteiger partial charge in [0, 0.05) is 0 Å². The molecule has 1 N–H and O–H groups in total. The van der Waals surface area contributed by atoms with Gasteiger partial charge in [0.1, 0.15) is 21.7 Å². The second-order valence-electron chi connectivity index (χ2n) is 5.39. The van der Waals surface area contributed by atoms with E-state index in [2.05, 4.69) is 10.2 Å². The molecule has 1 atom stereocenters. The normalized spacial score (nSPS) is 19.3. The molecule has 0 radical (unpaired) electrons. The standard InChI is InChI=1S/C17H17N3O2S2/c1-4-13-19-20-17(24-13)14-15(21)12(23-16(14)18)8-10-6-5-9(2)11(7-10)22-3/h5-8,14,18H,4H2,1-3H3. The van der Waals surface area contributed by atoms with Crippen molar-refractivity contribution in [1.82, 2.24) is 10.2 Å². The van der Waals surface area contributed by atoms with Crippen LogP contribution >= 0.6 is 23.1 Å². The van der Waals surface area contributed by atoms with Gasteiger partial charge in [-0.15, -0.1) is 21.5 Å². The lowest BCUT2D eigenvalue weighted by atomic mass is 10.0. The number of aromatic nitrogens is 2. The van der Waals surface area contributed by atoms with Crippen molar-refractivity contribution in [3.63, 3.8) is 0 Å². The van der Waals surface area contributed by atoms with Crippen LogP contribution in [-0.4, -0.2) is 28.1 Å². The molecule has 0 spiro atoms. The number of nitrogens with zero attached hydrogens (tertiary/aromatic N) is 2. The van der Waals surface area contributed by atoms with Crippen molar-refractivity contribution in [2.24, 2.45) is 0 Å². The van der Waals surface area contributed by atoms with Crippen molar-refractivity contribution in [3.05, 3.63) is 44.2 Å². The molecular weight excluding hydrogens is 342 g/mol. The van der Waals surface area contributed by atoms with E-state index in [9.17, 15) is 4.79 Å². The molecule has 3 rings (SSSR count). The van der Waals surface area contributed by atoms with Crippen LogP contribution in [0, 0.1) is 12.3 Å². The van der Waals surface area contributed by atoms with Crippen LogP contribution in [-0.2, 0) is 11.2 Å². The fourth-order valence-electron chi connectivity index (χ4n) is 2.42. The third-order valence-corrected chi connectivity index (χ3v) is 5.88.